The zero-order valence-corrected chi connectivity index (χ0v) is 14.2. The second-order valence-electron chi connectivity index (χ2n) is 5.50. The van der Waals surface area contributed by atoms with Gasteiger partial charge in [-0.15, -0.1) is 11.3 Å². The van der Waals surface area contributed by atoms with Crippen molar-refractivity contribution in [3.05, 3.63) is 56.7 Å². The lowest BCUT2D eigenvalue weighted by Crippen LogP contribution is -2.39. The Bertz CT molecular complexity index is 603. The summed E-state index contributed by atoms with van der Waals surface area (Å²) in [5.41, 5.74) is 0.772. The van der Waals surface area contributed by atoms with Crippen molar-refractivity contribution in [3.8, 4) is 0 Å². The first-order valence-electron chi connectivity index (χ1n) is 7.30. The molecule has 0 atom stereocenters. The number of benzene rings is 1. The standard InChI is InChI=1S/C17H18BrNOS/c18-16-6-2-1-5-15(16)17(20)19-9-7-13(8-10-19)12-14-4-3-11-21-14/h1-6,11,13H,7-10,12H2. The van der Waals surface area contributed by atoms with Crippen LogP contribution in [-0.4, -0.2) is 23.9 Å². The topological polar surface area (TPSA) is 20.3 Å². The minimum absolute atomic E-state index is 0.150. The molecule has 0 aliphatic carbocycles. The van der Waals surface area contributed by atoms with Crippen LogP contribution in [0.3, 0.4) is 0 Å². The predicted octanol–water partition coefficient (Wildman–Crippen LogP) is 4.61. The fourth-order valence-electron chi connectivity index (χ4n) is 2.86. The normalized spacial score (nSPS) is 16.1. The van der Waals surface area contributed by atoms with Crippen molar-refractivity contribution in [3.63, 3.8) is 0 Å². The number of carbonyl (C=O) groups is 1. The Morgan fingerprint density at radius 3 is 2.62 bits per heavy atom. The first-order valence-corrected chi connectivity index (χ1v) is 8.97. The number of carbonyl (C=O) groups excluding carboxylic acids is 1. The van der Waals surface area contributed by atoms with Crippen LogP contribution in [0.15, 0.2) is 46.3 Å². The number of hydrogen-bond acceptors (Lipinski definition) is 2. The number of likely N-dealkylation sites (tertiary alicyclic amines) is 1. The van der Waals surface area contributed by atoms with Crippen LogP contribution in [0.5, 0.6) is 0 Å². The minimum Gasteiger partial charge on any atom is -0.339 e. The average Bonchev–Trinajstić information content (AvgIpc) is 3.01. The van der Waals surface area contributed by atoms with E-state index in [1.54, 1.807) is 0 Å². The number of rotatable bonds is 3. The number of halogens is 1. The van der Waals surface area contributed by atoms with Gasteiger partial charge in [0.1, 0.15) is 0 Å². The first-order chi connectivity index (χ1) is 10.2. The molecule has 2 nitrogen and oxygen atoms in total. The lowest BCUT2D eigenvalue weighted by molar-refractivity contribution is 0.0690. The Hall–Kier alpha value is -1.13. The predicted molar refractivity (Wildman–Crippen MR) is 90.8 cm³/mol. The van der Waals surface area contributed by atoms with E-state index in [0.29, 0.717) is 5.92 Å². The molecule has 0 bridgehead atoms. The van der Waals surface area contributed by atoms with Gasteiger partial charge in [0.15, 0.2) is 0 Å². The van der Waals surface area contributed by atoms with E-state index in [9.17, 15) is 4.79 Å². The highest BCUT2D eigenvalue weighted by atomic mass is 79.9. The summed E-state index contributed by atoms with van der Waals surface area (Å²) in [6.07, 6.45) is 3.37. The molecule has 0 N–H and O–H groups in total. The maximum Gasteiger partial charge on any atom is 0.254 e. The zero-order chi connectivity index (χ0) is 14.7. The highest BCUT2D eigenvalue weighted by Gasteiger charge is 2.24. The quantitative estimate of drug-likeness (QED) is 0.779. The van der Waals surface area contributed by atoms with E-state index in [1.165, 1.54) is 4.88 Å². The third-order valence-electron chi connectivity index (χ3n) is 4.08. The number of amides is 1. The van der Waals surface area contributed by atoms with Gasteiger partial charge in [-0.1, -0.05) is 18.2 Å². The van der Waals surface area contributed by atoms with Crippen LogP contribution in [-0.2, 0) is 6.42 Å². The third-order valence-corrected chi connectivity index (χ3v) is 5.67. The summed E-state index contributed by atoms with van der Waals surface area (Å²) in [5.74, 6) is 0.865. The summed E-state index contributed by atoms with van der Waals surface area (Å²) in [6.45, 7) is 1.74. The molecular formula is C17H18BrNOS. The van der Waals surface area contributed by atoms with Crippen molar-refractivity contribution in [2.24, 2.45) is 5.92 Å². The molecule has 21 heavy (non-hydrogen) atoms. The van der Waals surface area contributed by atoms with Gasteiger partial charge in [0.25, 0.3) is 5.91 Å². The molecule has 110 valence electrons. The Morgan fingerprint density at radius 2 is 1.95 bits per heavy atom. The van der Waals surface area contributed by atoms with Gasteiger partial charge >= 0.3 is 0 Å². The molecule has 0 spiro atoms. The number of piperidine rings is 1. The molecular weight excluding hydrogens is 346 g/mol. The van der Waals surface area contributed by atoms with Crippen LogP contribution < -0.4 is 0 Å². The van der Waals surface area contributed by atoms with Crippen LogP contribution in [0.4, 0.5) is 0 Å². The molecule has 1 amide bonds. The van der Waals surface area contributed by atoms with Gasteiger partial charge in [0.2, 0.25) is 0 Å². The largest absolute Gasteiger partial charge is 0.339 e. The van der Waals surface area contributed by atoms with E-state index in [4.69, 9.17) is 0 Å². The maximum atomic E-state index is 12.5. The van der Waals surface area contributed by atoms with Crippen LogP contribution in [0.2, 0.25) is 0 Å². The van der Waals surface area contributed by atoms with E-state index in [1.807, 2.05) is 40.5 Å². The SMILES string of the molecule is O=C(c1ccccc1Br)N1CCC(Cc2cccs2)CC1. The smallest absolute Gasteiger partial charge is 0.254 e. The van der Waals surface area contributed by atoms with Gasteiger partial charge in [0.05, 0.1) is 5.56 Å². The van der Waals surface area contributed by atoms with E-state index in [2.05, 4.69) is 33.4 Å². The molecule has 3 rings (SSSR count). The van der Waals surface area contributed by atoms with Gasteiger partial charge in [-0.3, -0.25) is 4.79 Å². The van der Waals surface area contributed by atoms with Crippen molar-refractivity contribution in [1.29, 1.82) is 0 Å². The van der Waals surface area contributed by atoms with Crippen molar-refractivity contribution in [2.45, 2.75) is 19.3 Å². The summed E-state index contributed by atoms with van der Waals surface area (Å²) in [5, 5.41) is 2.14. The molecule has 1 fully saturated rings. The fraction of sp³-hybridized carbons (Fsp3) is 0.353. The summed E-state index contributed by atoms with van der Waals surface area (Å²) in [7, 11) is 0. The van der Waals surface area contributed by atoms with Gasteiger partial charge in [0, 0.05) is 22.4 Å². The number of thiophene rings is 1. The molecule has 1 aliphatic heterocycles. The third kappa shape index (κ3) is 3.55. The fourth-order valence-corrected chi connectivity index (χ4v) is 4.13. The van der Waals surface area contributed by atoms with E-state index >= 15 is 0 Å². The second-order valence-corrected chi connectivity index (χ2v) is 7.39. The summed E-state index contributed by atoms with van der Waals surface area (Å²) < 4.78 is 0.885. The molecule has 2 aromatic rings. The highest BCUT2D eigenvalue weighted by molar-refractivity contribution is 9.10. The van der Waals surface area contributed by atoms with Crippen LogP contribution in [0, 0.1) is 5.92 Å². The summed E-state index contributed by atoms with van der Waals surface area (Å²) >= 11 is 5.30. The summed E-state index contributed by atoms with van der Waals surface area (Å²) in [6, 6.07) is 12.0. The molecule has 1 saturated heterocycles. The number of nitrogens with zero attached hydrogens (tertiary/aromatic N) is 1. The molecule has 1 aliphatic rings. The lowest BCUT2D eigenvalue weighted by atomic mass is 9.92. The molecule has 0 unspecified atom stereocenters. The first kappa shape index (κ1) is 14.8. The van der Waals surface area contributed by atoms with Crippen molar-refractivity contribution >= 4 is 33.2 Å². The Balaban J connectivity index is 1.58. The zero-order valence-electron chi connectivity index (χ0n) is 11.8. The van der Waals surface area contributed by atoms with E-state index in [0.717, 1.165) is 42.4 Å². The molecule has 1 aromatic heterocycles. The summed E-state index contributed by atoms with van der Waals surface area (Å²) in [4.78, 5) is 16.0. The Kier molecular flexibility index (Phi) is 4.76. The van der Waals surface area contributed by atoms with E-state index < -0.39 is 0 Å². The van der Waals surface area contributed by atoms with Gasteiger partial charge < -0.3 is 4.90 Å². The van der Waals surface area contributed by atoms with Crippen molar-refractivity contribution in [1.82, 2.24) is 4.90 Å². The minimum atomic E-state index is 0.150. The number of hydrogen-bond donors (Lipinski definition) is 0. The molecule has 0 saturated carbocycles. The Morgan fingerprint density at radius 1 is 1.19 bits per heavy atom. The second kappa shape index (κ2) is 6.75. The van der Waals surface area contributed by atoms with Gasteiger partial charge in [-0.05, 0) is 64.7 Å². The lowest BCUT2D eigenvalue weighted by Gasteiger charge is -2.32. The van der Waals surface area contributed by atoms with Crippen LogP contribution in [0.1, 0.15) is 28.1 Å². The van der Waals surface area contributed by atoms with Crippen molar-refractivity contribution in [2.75, 3.05) is 13.1 Å². The molecule has 0 radical (unpaired) electrons. The monoisotopic (exact) mass is 363 g/mol. The highest BCUT2D eigenvalue weighted by Crippen LogP contribution is 2.26. The molecule has 1 aromatic carbocycles. The van der Waals surface area contributed by atoms with Crippen molar-refractivity contribution < 1.29 is 4.79 Å². The average molecular weight is 364 g/mol. The van der Waals surface area contributed by atoms with Gasteiger partial charge in [-0.2, -0.15) is 0 Å². The van der Waals surface area contributed by atoms with Crippen LogP contribution >= 0.6 is 27.3 Å². The van der Waals surface area contributed by atoms with Gasteiger partial charge in [-0.25, -0.2) is 0 Å². The molecule has 4 heteroatoms. The Labute approximate surface area is 137 Å². The van der Waals surface area contributed by atoms with Crippen LogP contribution in [0.25, 0.3) is 0 Å². The molecule has 2 heterocycles. The van der Waals surface area contributed by atoms with E-state index in [-0.39, 0.29) is 5.91 Å². The maximum absolute atomic E-state index is 12.5.